The summed E-state index contributed by atoms with van der Waals surface area (Å²) in [4.78, 5) is 32.2. The summed E-state index contributed by atoms with van der Waals surface area (Å²) in [5.74, 6) is -0.337. The maximum Gasteiger partial charge on any atom is 0.308 e. The van der Waals surface area contributed by atoms with Crippen LogP contribution in [0.25, 0.3) is 10.4 Å². The van der Waals surface area contributed by atoms with Crippen LogP contribution >= 0.6 is 22.9 Å². The van der Waals surface area contributed by atoms with Crippen molar-refractivity contribution in [1.82, 2.24) is 4.57 Å². The van der Waals surface area contributed by atoms with Crippen molar-refractivity contribution in [3.63, 3.8) is 0 Å². The molecule has 7 heteroatoms. The van der Waals surface area contributed by atoms with Crippen molar-refractivity contribution in [1.29, 1.82) is 0 Å². The fourth-order valence-electron chi connectivity index (χ4n) is 3.86. The molecule has 5 nitrogen and oxygen atoms in total. The number of pyridine rings is 1. The third kappa shape index (κ3) is 3.98. The van der Waals surface area contributed by atoms with Crippen molar-refractivity contribution < 1.29 is 9.53 Å². The fraction of sp³-hybridized carbons (Fsp3) is 0.292. The molecule has 2 aromatic heterocycles. The number of esters is 1. The van der Waals surface area contributed by atoms with E-state index in [1.165, 1.54) is 4.88 Å². The van der Waals surface area contributed by atoms with Crippen LogP contribution in [-0.4, -0.2) is 22.9 Å². The number of aryl methyl sites for hydroxylation is 2. The number of aromatic nitrogens is 1. The van der Waals surface area contributed by atoms with Crippen LogP contribution in [-0.2, 0) is 16.6 Å². The average molecular weight is 455 g/mol. The lowest BCUT2D eigenvalue weighted by Gasteiger charge is -2.16. The number of ether oxygens (including phenoxy) is 1. The van der Waals surface area contributed by atoms with Crippen molar-refractivity contribution in [2.24, 2.45) is 12.0 Å². The molecule has 0 fully saturated rings. The Morgan fingerprint density at radius 1 is 1.26 bits per heavy atom. The summed E-state index contributed by atoms with van der Waals surface area (Å²) in [6, 6.07) is 8.63. The average Bonchev–Trinajstić information content (AvgIpc) is 2.95. The Hall–Kier alpha value is -2.70. The van der Waals surface area contributed by atoms with E-state index in [0.717, 1.165) is 38.4 Å². The number of thiophene rings is 1. The number of carbonyl (C=O) groups excluding carboxylic acids is 1. The minimum absolute atomic E-state index is 0.0675. The second-order valence-electron chi connectivity index (χ2n) is 7.59. The summed E-state index contributed by atoms with van der Waals surface area (Å²) in [7, 11) is 1.74. The summed E-state index contributed by atoms with van der Waals surface area (Å²) in [5, 5.41) is 0.644. The van der Waals surface area contributed by atoms with E-state index >= 15 is 0 Å². The van der Waals surface area contributed by atoms with Gasteiger partial charge in [-0.3, -0.25) is 14.6 Å². The highest BCUT2D eigenvalue weighted by molar-refractivity contribution is 7.16. The molecule has 0 amide bonds. The van der Waals surface area contributed by atoms with Crippen LogP contribution in [0.1, 0.15) is 46.5 Å². The number of halogens is 1. The Balaban J connectivity index is 2.02. The first kappa shape index (κ1) is 21.5. The largest absolute Gasteiger partial charge is 0.466 e. The minimum Gasteiger partial charge on any atom is -0.466 e. The molecular formula is C24H23ClN2O3S. The van der Waals surface area contributed by atoms with Gasteiger partial charge in [0, 0.05) is 50.8 Å². The van der Waals surface area contributed by atoms with Crippen molar-refractivity contribution >= 4 is 34.6 Å². The summed E-state index contributed by atoms with van der Waals surface area (Å²) in [6.07, 6.45) is 1.92. The van der Waals surface area contributed by atoms with Gasteiger partial charge in [-0.1, -0.05) is 23.7 Å². The second-order valence-corrected chi connectivity index (χ2v) is 9.25. The standard InChI is InChI=1S/C24H23ClN2O3S/c1-5-30-21(29)11-19-17-10-20(28)27(4)12-18(17)24-22(13(2)14(3)31-24)23(26-19)15-6-8-16(25)9-7-15/h6-10,12,19H,5,11H2,1-4H3. The maximum atomic E-state index is 12.5. The quantitative estimate of drug-likeness (QED) is 0.507. The molecule has 0 aliphatic carbocycles. The van der Waals surface area contributed by atoms with Gasteiger partial charge in [0.15, 0.2) is 0 Å². The molecule has 0 saturated carbocycles. The topological polar surface area (TPSA) is 60.7 Å². The van der Waals surface area contributed by atoms with Crippen molar-refractivity contribution in [3.8, 4) is 10.4 Å². The van der Waals surface area contributed by atoms with E-state index in [2.05, 4.69) is 13.8 Å². The first-order valence-corrected chi connectivity index (χ1v) is 11.3. The van der Waals surface area contributed by atoms with E-state index in [0.29, 0.717) is 11.6 Å². The molecule has 0 bridgehead atoms. The third-order valence-electron chi connectivity index (χ3n) is 5.55. The van der Waals surface area contributed by atoms with Crippen LogP contribution in [0.2, 0.25) is 5.02 Å². The van der Waals surface area contributed by atoms with Crippen molar-refractivity contribution in [2.75, 3.05) is 6.61 Å². The van der Waals surface area contributed by atoms with Crippen LogP contribution in [0, 0.1) is 13.8 Å². The normalized spacial score (nSPS) is 15.0. The highest BCUT2D eigenvalue weighted by Crippen LogP contribution is 2.44. The Bertz CT molecular complexity index is 1260. The van der Waals surface area contributed by atoms with Gasteiger partial charge in [-0.15, -0.1) is 11.3 Å². The molecule has 0 saturated heterocycles. The Morgan fingerprint density at radius 3 is 2.65 bits per heavy atom. The first-order chi connectivity index (χ1) is 14.8. The Labute approximate surface area is 190 Å². The smallest absolute Gasteiger partial charge is 0.308 e. The predicted molar refractivity (Wildman–Crippen MR) is 126 cm³/mol. The molecule has 1 atom stereocenters. The molecule has 3 aromatic rings. The van der Waals surface area contributed by atoms with Crippen molar-refractivity contribution in [3.05, 3.63) is 79.0 Å². The zero-order valence-electron chi connectivity index (χ0n) is 17.9. The van der Waals surface area contributed by atoms with Gasteiger partial charge in [-0.25, -0.2) is 0 Å². The zero-order valence-corrected chi connectivity index (χ0v) is 19.4. The second kappa shape index (κ2) is 8.44. The van der Waals surface area contributed by atoms with E-state index in [1.807, 2.05) is 30.5 Å². The Kier molecular flexibility index (Phi) is 5.86. The van der Waals surface area contributed by atoms with Gasteiger partial charge < -0.3 is 9.30 Å². The number of nitrogens with zero attached hydrogens (tertiary/aromatic N) is 2. The number of hydrogen-bond donors (Lipinski definition) is 0. The van der Waals surface area contributed by atoms with Gasteiger partial charge in [0.25, 0.3) is 5.56 Å². The van der Waals surface area contributed by atoms with Gasteiger partial charge >= 0.3 is 5.97 Å². The lowest BCUT2D eigenvalue weighted by molar-refractivity contribution is -0.143. The molecule has 4 rings (SSSR count). The lowest BCUT2D eigenvalue weighted by atomic mass is 9.95. The Morgan fingerprint density at radius 2 is 1.97 bits per heavy atom. The summed E-state index contributed by atoms with van der Waals surface area (Å²) in [6.45, 7) is 6.25. The number of benzene rings is 1. The summed E-state index contributed by atoms with van der Waals surface area (Å²) in [5.41, 5.74) is 5.45. The predicted octanol–water partition coefficient (Wildman–Crippen LogP) is 5.23. The molecule has 3 heterocycles. The zero-order chi connectivity index (χ0) is 22.3. The van der Waals surface area contributed by atoms with Crippen LogP contribution in [0.3, 0.4) is 0 Å². The van der Waals surface area contributed by atoms with E-state index in [1.54, 1.807) is 35.9 Å². The van der Waals surface area contributed by atoms with E-state index < -0.39 is 6.04 Å². The molecule has 1 unspecified atom stereocenters. The summed E-state index contributed by atoms with van der Waals surface area (Å²) < 4.78 is 6.78. The summed E-state index contributed by atoms with van der Waals surface area (Å²) >= 11 is 7.80. The molecule has 1 aromatic carbocycles. The monoisotopic (exact) mass is 454 g/mol. The van der Waals surface area contributed by atoms with Gasteiger partial charge in [-0.2, -0.15) is 0 Å². The highest BCUT2D eigenvalue weighted by Gasteiger charge is 2.30. The van der Waals surface area contributed by atoms with Gasteiger partial charge in [0.2, 0.25) is 0 Å². The number of rotatable bonds is 4. The highest BCUT2D eigenvalue weighted by atomic mass is 35.5. The number of hydrogen-bond acceptors (Lipinski definition) is 5. The molecule has 1 aliphatic rings. The lowest BCUT2D eigenvalue weighted by Crippen LogP contribution is -2.18. The van der Waals surface area contributed by atoms with E-state index in [9.17, 15) is 9.59 Å². The van der Waals surface area contributed by atoms with Crippen LogP contribution in [0.4, 0.5) is 0 Å². The minimum atomic E-state index is -0.520. The first-order valence-electron chi connectivity index (χ1n) is 10.1. The van der Waals surface area contributed by atoms with E-state index in [-0.39, 0.29) is 17.9 Å². The van der Waals surface area contributed by atoms with Gasteiger partial charge in [-0.05, 0) is 44.0 Å². The van der Waals surface area contributed by atoms with E-state index in [4.69, 9.17) is 21.3 Å². The molecular weight excluding hydrogens is 432 g/mol. The molecule has 160 valence electrons. The van der Waals surface area contributed by atoms with Gasteiger partial charge in [0.1, 0.15) is 0 Å². The van der Waals surface area contributed by atoms with Crippen LogP contribution < -0.4 is 5.56 Å². The van der Waals surface area contributed by atoms with Crippen LogP contribution in [0.5, 0.6) is 0 Å². The molecule has 1 aliphatic heterocycles. The third-order valence-corrected chi connectivity index (χ3v) is 7.05. The van der Waals surface area contributed by atoms with Crippen LogP contribution in [0.15, 0.2) is 46.3 Å². The SMILES string of the molecule is CCOC(=O)CC1N=C(c2ccc(Cl)cc2)c2c(sc(C)c2C)-c2cn(C)c(=O)cc21. The molecule has 0 N–H and O–H groups in total. The number of fused-ring (bicyclic) bond motifs is 3. The molecule has 31 heavy (non-hydrogen) atoms. The maximum absolute atomic E-state index is 12.5. The number of carbonyl (C=O) groups is 1. The van der Waals surface area contributed by atoms with Gasteiger partial charge in [0.05, 0.1) is 24.8 Å². The number of aliphatic imine (C=N–C) groups is 1. The molecule has 0 radical (unpaired) electrons. The fourth-order valence-corrected chi connectivity index (χ4v) is 5.18. The molecule has 0 spiro atoms. The van der Waals surface area contributed by atoms with Crippen molar-refractivity contribution in [2.45, 2.75) is 33.2 Å².